The lowest BCUT2D eigenvalue weighted by Gasteiger charge is -2.43. The van der Waals surface area contributed by atoms with Gasteiger partial charge in [-0.3, -0.25) is 9.59 Å². The Labute approximate surface area is 192 Å². The Kier molecular flexibility index (Phi) is 6.41. The van der Waals surface area contributed by atoms with Crippen molar-refractivity contribution in [1.29, 1.82) is 0 Å². The molecule has 0 amide bonds. The topological polar surface area (TPSA) is 116 Å². The highest BCUT2D eigenvalue weighted by molar-refractivity contribution is 6.22. The van der Waals surface area contributed by atoms with Gasteiger partial charge in [-0.2, -0.15) is 5.10 Å². The van der Waals surface area contributed by atoms with E-state index in [0.29, 0.717) is 17.4 Å². The van der Waals surface area contributed by atoms with Crippen molar-refractivity contribution in [3.63, 3.8) is 0 Å². The van der Waals surface area contributed by atoms with Gasteiger partial charge in [0.15, 0.2) is 5.54 Å². The normalized spacial score (nSPS) is 22.3. The molecule has 8 nitrogen and oxygen atoms in total. The number of alkyl halides is 3. The average molecular weight is 478 g/mol. The molecule has 2 aromatic carbocycles. The number of aliphatic carboxylic acids is 2. The predicted octanol–water partition coefficient (Wildman–Crippen LogP) is 4.34. The van der Waals surface area contributed by atoms with Crippen LogP contribution in [0.4, 0.5) is 18.9 Å². The standard InChI is InChI=1S/C23H21F3N2O6/c1-3-21(19(30)31)18(15-7-5-14(13-29)6-8-15)27-28(22(21,4-2)20(32)33)16-9-11-17(12-10-16)34-23(24,25)26/h5-13H,3-4H2,1-2H3,(H,30,31)(H,32,33). The predicted molar refractivity (Wildman–Crippen MR) is 115 cm³/mol. The molecule has 2 unspecified atom stereocenters. The molecule has 0 aliphatic carbocycles. The van der Waals surface area contributed by atoms with Gasteiger partial charge in [0.05, 0.1) is 11.4 Å². The molecule has 2 N–H and O–H groups in total. The third-order valence-corrected chi connectivity index (χ3v) is 6.07. The van der Waals surface area contributed by atoms with Gasteiger partial charge in [-0.15, -0.1) is 13.2 Å². The Hall–Kier alpha value is -3.89. The number of hydrazone groups is 1. The summed E-state index contributed by atoms with van der Waals surface area (Å²) in [5.74, 6) is -3.41. The zero-order chi connectivity index (χ0) is 25.3. The molecule has 0 aromatic heterocycles. The van der Waals surface area contributed by atoms with E-state index in [1.54, 1.807) is 0 Å². The lowest BCUT2D eigenvalue weighted by molar-refractivity contribution is -0.274. The largest absolute Gasteiger partial charge is 0.573 e. The molecule has 0 saturated carbocycles. The molecule has 0 radical (unpaired) electrons. The van der Waals surface area contributed by atoms with Crippen molar-refractivity contribution in [1.82, 2.24) is 0 Å². The van der Waals surface area contributed by atoms with E-state index in [2.05, 4.69) is 9.84 Å². The lowest BCUT2D eigenvalue weighted by Crippen LogP contribution is -2.64. The van der Waals surface area contributed by atoms with Gasteiger partial charge in [0.2, 0.25) is 0 Å². The number of nitrogens with zero attached hydrogens (tertiary/aromatic N) is 2. The lowest BCUT2D eigenvalue weighted by atomic mass is 9.62. The highest BCUT2D eigenvalue weighted by Gasteiger charge is 2.70. The molecule has 3 rings (SSSR count). The summed E-state index contributed by atoms with van der Waals surface area (Å²) in [4.78, 5) is 36.5. The Morgan fingerprint density at radius 1 is 1.00 bits per heavy atom. The van der Waals surface area contributed by atoms with Gasteiger partial charge in [0.1, 0.15) is 17.5 Å². The van der Waals surface area contributed by atoms with Gasteiger partial charge in [-0.05, 0) is 42.7 Å². The van der Waals surface area contributed by atoms with Crippen LogP contribution in [0.2, 0.25) is 0 Å². The first kappa shape index (κ1) is 24.7. The third kappa shape index (κ3) is 3.76. The minimum Gasteiger partial charge on any atom is -0.480 e. The maximum Gasteiger partial charge on any atom is 0.573 e. The molecular formula is C23H21F3N2O6. The highest BCUT2D eigenvalue weighted by Crippen LogP contribution is 2.52. The molecular weight excluding hydrogens is 457 g/mol. The Morgan fingerprint density at radius 3 is 2.00 bits per heavy atom. The van der Waals surface area contributed by atoms with Crippen LogP contribution in [0, 0.1) is 5.41 Å². The molecule has 2 atom stereocenters. The molecule has 34 heavy (non-hydrogen) atoms. The smallest absolute Gasteiger partial charge is 0.480 e. The number of carbonyl (C=O) groups is 3. The molecule has 2 aromatic rings. The second kappa shape index (κ2) is 8.81. The maximum absolute atomic E-state index is 12.8. The third-order valence-electron chi connectivity index (χ3n) is 6.07. The summed E-state index contributed by atoms with van der Waals surface area (Å²) < 4.78 is 41.5. The van der Waals surface area contributed by atoms with Crippen molar-refractivity contribution < 1.29 is 42.5 Å². The van der Waals surface area contributed by atoms with Crippen molar-refractivity contribution >= 4 is 29.6 Å². The van der Waals surface area contributed by atoms with Gasteiger partial charge in [-0.25, -0.2) is 9.80 Å². The van der Waals surface area contributed by atoms with E-state index in [4.69, 9.17) is 0 Å². The van der Waals surface area contributed by atoms with E-state index in [-0.39, 0.29) is 24.2 Å². The summed E-state index contributed by atoms with van der Waals surface area (Å²) in [6, 6.07) is 10.2. The van der Waals surface area contributed by atoms with Gasteiger partial charge in [0.25, 0.3) is 0 Å². The van der Waals surface area contributed by atoms with Crippen LogP contribution in [0.15, 0.2) is 53.6 Å². The van der Waals surface area contributed by atoms with Crippen molar-refractivity contribution in [2.75, 3.05) is 5.01 Å². The minimum absolute atomic E-state index is 0.0418. The molecule has 180 valence electrons. The van der Waals surface area contributed by atoms with Crippen molar-refractivity contribution in [3.8, 4) is 5.75 Å². The molecule has 0 fully saturated rings. The van der Waals surface area contributed by atoms with Crippen LogP contribution in [-0.4, -0.2) is 46.1 Å². The summed E-state index contributed by atoms with van der Waals surface area (Å²) in [6.07, 6.45) is -4.65. The first-order valence-corrected chi connectivity index (χ1v) is 10.2. The number of hydrogen-bond donors (Lipinski definition) is 2. The highest BCUT2D eigenvalue weighted by atomic mass is 19.4. The fourth-order valence-corrected chi connectivity index (χ4v) is 4.50. The Bertz CT molecular complexity index is 1130. The molecule has 1 aliphatic rings. The Balaban J connectivity index is 2.25. The number of rotatable bonds is 8. The summed E-state index contributed by atoms with van der Waals surface area (Å²) in [5, 5.41) is 26.2. The van der Waals surface area contributed by atoms with Crippen LogP contribution in [0.25, 0.3) is 0 Å². The monoisotopic (exact) mass is 478 g/mol. The number of aldehydes is 1. The fraction of sp³-hybridized carbons (Fsp3) is 0.304. The summed E-state index contributed by atoms with van der Waals surface area (Å²) >= 11 is 0. The van der Waals surface area contributed by atoms with Crippen LogP contribution >= 0.6 is 0 Å². The van der Waals surface area contributed by atoms with E-state index in [9.17, 15) is 37.8 Å². The fourth-order valence-electron chi connectivity index (χ4n) is 4.50. The quantitative estimate of drug-likeness (QED) is 0.542. The van der Waals surface area contributed by atoms with E-state index < -0.39 is 35.0 Å². The van der Waals surface area contributed by atoms with E-state index >= 15 is 0 Å². The number of hydrogen-bond acceptors (Lipinski definition) is 6. The number of ether oxygens (including phenoxy) is 1. The van der Waals surface area contributed by atoms with Crippen molar-refractivity contribution in [3.05, 3.63) is 59.7 Å². The maximum atomic E-state index is 12.8. The van der Waals surface area contributed by atoms with Gasteiger partial charge in [0, 0.05) is 5.56 Å². The van der Waals surface area contributed by atoms with Gasteiger partial charge >= 0.3 is 18.3 Å². The second-order valence-corrected chi connectivity index (χ2v) is 7.62. The first-order chi connectivity index (χ1) is 16.0. The number of carboxylic acid groups (broad SMARTS) is 2. The van der Waals surface area contributed by atoms with Crippen LogP contribution in [0.1, 0.15) is 42.6 Å². The summed E-state index contributed by atoms with van der Waals surface area (Å²) in [6.45, 7) is 3.03. The molecule has 0 bridgehead atoms. The van der Waals surface area contributed by atoms with Gasteiger partial charge in [-0.1, -0.05) is 38.1 Å². The number of halogens is 3. The summed E-state index contributed by atoms with van der Waals surface area (Å²) in [7, 11) is 0. The number of carboxylic acids is 2. The zero-order valence-corrected chi connectivity index (χ0v) is 18.2. The Morgan fingerprint density at radius 2 is 1.59 bits per heavy atom. The van der Waals surface area contributed by atoms with Gasteiger partial charge < -0.3 is 14.9 Å². The number of carbonyl (C=O) groups excluding carboxylic acids is 1. The van der Waals surface area contributed by atoms with Crippen LogP contribution < -0.4 is 9.75 Å². The second-order valence-electron chi connectivity index (χ2n) is 7.62. The first-order valence-electron chi connectivity index (χ1n) is 10.2. The SMILES string of the molecule is CCC1(C(=O)O)C(c2ccc(C=O)cc2)=NN(c2ccc(OC(F)(F)F)cc2)C1(CC)C(=O)O. The summed E-state index contributed by atoms with van der Waals surface area (Å²) in [5.41, 5.74) is -3.46. The molecule has 11 heteroatoms. The number of anilines is 1. The average Bonchev–Trinajstić information content (AvgIpc) is 3.11. The zero-order valence-electron chi connectivity index (χ0n) is 18.2. The van der Waals surface area contributed by atoms with Crippen LogP contribution in [0.3, 0.4) is 0 Å². The van der Waals surface area contributed by atoms with Crippen LogP contribution in [-0.2, 0) is 9.59 Å². The molecule has 1 aliphatic heterocycles. The van der Waals surface area contributed by atoms with E-state index in [1.165, 1.54) is 50.2 Å². The van der Waals surface area contributed by atoms with E-state index in [1.807, 2.05) is 0 Å². The van der Waals surface area contributed by atoms with Crippen LogP contribution in [0.5, 0.6) is 5.75 Å². The van der Waals surface area contributed by atoms with E-state index in [0.717, 1.165) is 17.1 Å². The van der Waals surface area contributed by atoms with Crippen molar-refractivity contribution in [2.45, 2.75) is 38.6 Å². The molecule has 1 heterocycles. The molecule has 0 spiro atoms. The minimum atomic E-state index is -4.91. The number of benzene rings is 2. The van der Waals surface area contributed by atoms with Crippen molar-refractivity contribution in [2.24, 2.45) is 10.5 Å². The molecule has 0 saturated heterocycles.